The summed E-state index contributed by atoms with van der Waals surface area (Å²) in [5, 5.41) is -0.0357. The lowest BCUT2D eigenvalue weighted by atomic mass is 10.3. The normalized spacial score (nSPS) is 11.4. The summed E-state index contributed by atoms with van der Waals surface area (Å²) < 4.78 is 28.6. The van der Waals surface area contributed by atoms with Crippen molar-refractivity contribution >= 4 is 37.3 Å². The van der Waals surface area contributed by atoms with E-state index < -0.39 is 10.0 Å². The van der Waals surface area contributed by atoms with Gasteiger partial charge in [0.25, 0.3) is 10.0 Å². The average molecular weight is 331 g/mol. The highest BCUT2D eigenvalue weighted by atomic mass is 79.9. The van der Waals surface area contributed by atoms with Crippen molar-refractivity contribution in [3.8, 4) is 0 Å². The van der Waals surface area contributed by atoms with Crippen LogP contribution in [0.4, 0.5) is 11.4 Å². The summed E-state index contributed by atoms with van der Waals surface area (Å²) in [6.45, 7) is 0. The zero-order valence-corrected chi connectivity index (χ0v) is 11.9. The van der Waals surface area contributed by atoms with Crippen LogP contribution < -0.4 is 10.5 Å². The molecule has 0 amide bonds. The maximum absolute atomic E-state index is 12.0. The summed E-state index contributed by atoms with van der Waals surface area (Å²) in [6, 6.07) is 4.82. The molecule has 96 valence electrons. The van der Waals surface area contributed by atoms with Gasteiger partial charge in [0.2, 0.25) is 0 Å². The van der Waals surface area contributed by atoms with Crippen molar-refractivity contribution in [2.45, 2.75) is 5.03 Å². The Morgan fingerprint density at radius 1 is 1.44 bits per heavy atom. The van der Waals surface area contributed by atoms with Gasteiger partial charge in [-0.3, -0.25) is 4.72 Å². The molecule has 0 unspecified atom stereocenters. The molecule has 3 N–H and O–H groups in total. The minimum absolute atomic E-state index is 0.0357. The fourth-order valence-corrected chi connectivity index (χ4v) is 2.62. The van der Waals surface area contributed by atoms with Crippen molar-refractivity contribution in [2.75, 3.05) is 10.5 Å². The molecular formula is C10H11BrN4O2S. The van der Waals surface area contributed by atoms with Gasteiger partial charge in [-0.15, -0.1) is 0 Å². The Balaban J connectivity index is 2.30. The molecule has 18 heavy (non-hydrogen) atoms. The standard InChI is InChI=1S/C10H11BrN4O2S/c1-15-5-10(13-6-15)18(16,17)14-7-2-3-8(11)9(12)4-7/h2-6,14H,12H2,1H3. The number of rotatable bonds is 3. The first-order chi connectivity index (χ1) is 8.38. The van der Waals surface area contributed by atoms with Gasteiger partial charge in [-0.1, -0.05) is 0 Å². The molecule has 2 aromatic rings. The molecular weight excluding hydrogens is 320 g/mol. The van der Waals surface area contributed by atoms with Crippen molar-refractivity contribution < 1.29 is 8.42 Å². The topological polar surface area (TPSA) is 90.0 Å². The molecule has 0 fully saturated rings. The van der Waals surface area contributed by atoms with Crippen LogP contribution >= 0.6 is 15.9 Å². The number of nitrogen functional groups attached to an aromatic ring is 1. The van der Waals surface area contributed by atoms with E-state index in [9.17, 15) is 8.42 Å². The zero-order valence-electron chi connectivity index (χ0n) is 9.46. The predicted molar refractivity (Wildman–Crippen MR) is 72.6 cm³/mol. The summed E-state index contributed by atoms with van der Waals surface area (Å²) in [5.41, 5.74) is 6.53. The monoisotopic (exact) mass is 330 g/mol. The molecule has 0 aliphatic carbocycles. The highest BCUT2D eigenvalue weighted by Crippen LogP contribution is 2.24. The molecule has 8 heteroatoms. The van der Waals surface area contributed by atoms with Gasteiger partial charge < -0.3 is 10.3 Å². The number of sulfonamides is 1. The number of imidazole rings is 1. The first-order valence-corrected chi connectivity index (χ1v) is 7.22. The second-order valence-electron chi connectivity index (χ2n) is 3.72. The Morgan fingerprint density at radius 3 is 2.72 bits per heavy atom. The Morgan fingerprint density at radius 2 is 2.17 bits per heavy atom. The summed E-state index contributed by atoms with van der Waals surface area (Å²) in [7, 11) is -1.98. The fourth-order valence-electron chi connectivity index (χ4n) is 1.34. The van der Waals surface area contributed by atoms with Crippen LogP contribution in [0.3, 0.4) is 0 Å². The van der Waals surface area contributed by atoms with Gasteiger partial charge in [0.15, 0.2) is 5.03 Å². The number of aromatic nitrogens is 2. The third-order valence-electron chi connectivity index (χ3n) is 2.20. The predicted octanol–water partition coefficient (Wildman–Crippen LogP) is 1.57. The lowest BCUT2D eigenvalue weighted by Gasteiger charge is -2.07. The van der Waals surface area contributed by atoms with Gasteiger partial charge in [-0.05, 0) is 34.1 Å². The summed E-state index contributed by atoms with van der Waals surface area (Å²) in [6.07, 6.45) is 2.84. The van der Waals surface area contributed by atoms with E-state index in [2.05, 4.69) is 25.6 Å². The van der Waals surface area contributed by atoms with Crippen LogP contribution in [0, 0.1) is 0 Å². The lowest BCUT2D eigenvalue weighted by Crippen LogP contribution is -2.13. The second kappa shape index (κ2) is 4.62. The summed E-state index contributed by atoms with van der Waals surface area (Å²) in [5.74, 6) is 0. The molecule has 2 rings (SSSR count). The molecule has 0 atom stereocenters. The molecule has 0 spiro atoms. The van der Waals surface area contributed by atoms with Crippen molar-refractivity contribution in [3.63, 3.8) is 0 Å². The number of halogens is 1. The van der Waals surface area contributed by atoms with E-state index in [4.69, 9.17) is 5.73 Å². The molecule has 6 nitrogen and oxygen atoms in total. The number of hydrogen-bond donors (Lipinski definition) is 2. The smallest absolute Gasteiger partial charge is 0.280 e. The van der Waals surface area contributed by atoms with Crippen LogP contribution in [0.1, 0.15) is 0 Å². The van der Waals surface area contributed by atoms with Gasteiger partial charge in [-0.2, -0.15) is 8.42 Å². The SMILES string of the molecule is Cn1cnc(S(=O)(=O)Nc2ccc(Br)c(N)c2)c1. The van der Waals surface area contributed by atoms with Crippen LogP contribution in [0.5, 0.6) is 0 Å². The van der Waals surface area contributed by atoms with Gasteiger partial charge in [-0.25, -0.2) is 4.98 Å². The first-order valence-electron chi connectivity index (χ1n) is 4.94. The van der Waals surface area contributed by atoms with E-state index in [1.807, 2.05) is 0 Å². The van der Waals surface area contributed by atoms with Gasteiger partial charge in [0, 0.05) is 23.4 Å². The molecule has 0 bridgehead atoms. The maximum atomic E-state index is 12.0. The Kier molecular flexibility index (Phi) is 3.31. The van der Waals surface area contributed by atoms with Gasteiger partial charge >= 0.3 is 0 Å². The van der Waals surface area contributed by atoms with Crippen molar-refractivity contribution in [1.29, 1.82) is 0 Å². The van der Waals surface area contributed by atoms with E-state index in [1.165, 1.54) is 18.6 Å². The molecule has 1 heterocycles. The number of benzene rings is 1. The van der Waals surface area contributed by atoms with Crippen LogP contribution in [-0.2, 0) is 17.1 Å². The molecule has 1 aromatic carbocycles. The van der Waals surface area contributed by atoms with Crippen LogP contribution in [0.15, 0.2) is 40.2 Å². The number of nitrogens with two attached hydrogens (primary N) is 1. The lowest BCUT2D eigenvalue weighted by molar-refractivity contribution is 0.598. The maximum Gasteiger partial charge on any atom is 0.280 e. The van der Waals surface area contributed by atoms with E-state index in [-0.39, 0.29) is 5.03 Å². The minimum atomic E-state index is -3.67. The summed E-state index contributed by atoms with van der Waals surface area (Å²) >= 11 is 3.24. The van der Waals surface area contributed by atoms with Crippen LogP contribution in [0.2, 0.25) is 0 Å². The fraction of sp³-hybridized carbons (Fsp3) is 0.100. The first kappa shape index (κ1) is 12.9. The Labute approximate surface area is 113 Å². The third kappa shape index (κ3) is 2.65. The largest absolute Gasteiger partial charge is 0.398 e. The number of hydrogen-bond acceptors (Lipinski definition) is 4. The highest BCUT2D eigenvalue weighted by molar-refractivity contribution is 9.10. The third-order valence-corrected chi connectivity index (χ3v) is 4.19. The molecule has 0 saturated heterocycles. The highest BCUT2D eigenvalue weighted by Gasteiger charge is 2.17. The van der Waals surface area contributed by atoms with E-state index in [0.29, 0.717) is 15.8 Å². The zero-order chi connectivity index (χ0) is 13.3. The van der Waals surface area contributed by atoms with Crippen molar-refractivity contribution in [3.05, 3.63) is 35.2 Å². The number of anilines is 2. The Hall–Kier alpha value is -1.54. The Bertz CT molecular complexity index is 681. The second-order valence-corrected chi connectivity index (χ2v) is 6.20. The van der Waals surface area contributed by atoms with E-state index in [1.54, 1.807) is 23.7 Å². The minimum Gasteiger partial charge on any atom is -0.398 e. The van der Waals surface area contributed by atoms with Crippen LogP contribution in [0.25, 0.3) is 0 Å². The van der Waals surface area contributed by atoms with Crippen molar-refractivity contribution in [1.82, 2.24) is 9.55 Å². The molecule has 1 aromatic heterocycles. The number of aryl methyl sites for hydroxylation is 1. The quantitative estimate of drug-likeness (QED) is 0.836. The molecule has 0 aliphatic rings. The number of nitrogens with zero attached hydrogens (tertiary/aromatic N) is 2. The van der Waals surface area contributed by atoms with Gasteiger partial charge in [0.05, 0.1) is 12.0 Å². The average Bonchev–Trinajstić information content (AvgIpc) is 2.71. The van der Waals surface area contributed by atoms with E-state index >= 15 is 0 Å². The van der Waals surface area contributed by atoms with Gasteiger partial charge in [0.1, 0.15) is 0 Å². The molecule has 0 saturated carbocycles. The van der Waals surface area contributed by atoms with Crippen molar-refractivity contribution in [2.24, 2.45) is 7.05 Å². The number of nitrogens with one attached hydrogen (secondary N) is 1. The molecule has 0 radical (unpaired) electrons. The summed E-state index contributed by atoms with van der Waals surface area (Å²) in [4.78, 5) is 3.80. The van der Waals surface area contributed by atoms with E-state index in [0.717, 1.165) is 0 Å². The van der Waals surface area contributed by atoms with Crippen LogP contribution in [-0.4, -0.2) is 18.0 Å². The molecule has 0 aliphatic heterocycles.